The van der Waals surface area contributed by atoms with Crippen LogP contribution in [0.3, 0.4) is 0 Å². The number of imidazole rings is 1. The number of aryl methyl sites for hydroxylation is 2. The SMILES string of the molecule is CCCc1nn(C)c2c(=O)[nH]c(-c3cc(S(=O)(=O)N4CCN(C)CC4)ccc3OCC)nc12.O=C(O)CC(O)(CC(=O)O)C(=O)O.O=c1[nH]c2ccccc2n1CCN1CCN(c2cccc(C(F)(F)F)c2)CC1. The molecule has 22 nitrogen and oxygen atoms in total. The van der Waals surface area contributed by atoms with Gasteiger partial charge in [0.05, 0.1) is 52.2 Å². The van der Waals surface area contributed by atoms with Crippen LogP contribution < -0.4 is 20.9 Å². The van der Waals surface area contributed by atoms with Crippen molar-refractivity contribution in [2.45, 2.75) is 62.7 Å². The van der Waals surface area contributed by atoms with E-state index in [1.54, 1.807) is 35.9 Å². The van der Waals surface area contributed by atoms with Crippen LogP contribution in [0.15, 0.2) is 81.2 Å². The Labute approximate surface area is 422 Å². The summed E-state index contributed by atoms with van der Waals surface area (Å²) in [7, 11) is -0.00831. The number of likely N-dealkylation sites (N-methyl/N-ethyl adjacent to an activating group) is 1. The summed E-state index contributed by atoms with van der Waals surface area (Å²) in [5, 5.41) is 38.3. The predicted molar refractivity (Wildman–Crippen MR) is 266 cm³/mol. The van der Waals surface area contributed by atoms with Crippen molar-refractivity contribution in [1.29, 1.82) is 0 Å². The second-order valence-electron chi connectivity index (χ2n) is 17.7. The average Bonchev–Trinajstić information content (AvgIpc) is 3.84. The Morgan fingerprint density at radius 3 is 2.08 bits per heavy atom. The van der Waals surface area contributed by atoms with Crippen LogP contribution in [0.25, 0.3) is 33.5 Å². The third-order valence-corrected chi connectivity index (χ3v) is 14.3. The Bertz CT molecular complexity index is 3180. The molecule has 2 fully saturated rings. The number of aromatic amines is 2. The molecule has 74 heavy (non-hydrogen) atoms. The molecular weight excluding hydrogens is 998 g/mol. The molecule has 8 rings (SSSR count). The van der Waals surface area contributed by atoms with Crippen molar-refractivity contribution < 1.29 is 61.1 Å². The number of piperazine rings is 2. The average molecular weight is 1060 g/mol. The lowest BCUT2D eigenvalue weighted by Gasteiger charge is -2.36. The molecule has 0 unspecified atom stereocenters. The van der Waals surface area contributed by atoms with Gasteiger partial charge in [0.1, 0.15) is 17.1 Å². The number of halogens is 3. The van der Waals surface area contributed by atoms with Crippen molar-refractivity contribution in [3.05, 3.63) is 98.8 Å². The summed E-state index contributed by atoms with van der Waals surface area (Å²) in [6.07, 6.45) is -5.07. The van der Waals surface area contributed by atoms with E-state index in [2.05, 4.69) is 24.9 Å². The van der Waals surface area contributed by atoms with Gasteiger partial charge < -0.3 is 44.9 Å². The van der Waals surface area contributed by atoms with E-state index in [4.69, 9.17) is 30.1 Å². The zero-order chi connectivity index (χ0) is 54.1. The highest BCUT2D eigenvalue weighted by Crippen LogP contribution is 2.34. The van der Waals surface area contributed by atoms with Gasteiger partial charge in [-0.2, -0.15) is 22.6 Å². The number of anilines is 1. The maximum Gasteiger partial charge on any atom is 0.416 e. The molecule has 26 heteroatoms. The van der Waals surface area contributed by atoms with Crippen LogP contribution in [0, 0.1) is 0 Å². The topological polar surface area (TPSA) is 290 Å². The van der Waals surface area contributed by atoms with Crippen LogP contribution in [-0.2, 0) is 50.6 Å². The standard InChI is InChI=1S/C22H30N6O4S.C20H21F3N4O.C6H8O7/c1-5-7-17-19-20(27(4)25-17)22(29)24-21(23-19)16-14-15(8-9-18(16)32-6-2)33(30,31)28-12-10-26(3)11-13-28;21-20(22,23)15-4-3-5-16(14-15)26-11-8-25(9-12-26)10-13-27-18-7-2-1-6-17(18)24-19(27)28;7-3(8)1-6(13,5(11)12)2-4(9)10/h8-9,14H,5-7,10-13H2,1-4H3,(H,23,24,29);1-7,14H,8-13H2,(H,24,28);13H,1-2H2,(H,7,8)(H,9,10)(H,11,12). The highest BCUT2D eigenvalue weighted by Gasteiger charge is 2.41. The van der Waals surface area contributed by atoms with Gasteiger partial charge in [0.2, 0.25) is 10.0 Å². The second-order valence-corrected chi connectivity index (χ2v) is 19.6. The third-order valence-electron chi connectivity index (χ3n) is 12.4. The maximum atomic E-state index is 13.3. The zero-order valence-corrected chi connectivity index (χ0v) is 41.9. The van der Waals surface area contributed by atoms with Gasteiger partial charge in [0.25, 0.3) is 5.56 Å². The Hall–Kier alpha value is -7.13. The van der Waals surface area contributed by atoms with Crippen molar-refractivity contribution in [2.24, 2.45) is 7.05 Å². The summed E-state index contributed by atoms with van der Waals surface area (Å²) in [6, 6.07) is 17.8. The summed E-state index contributed by atoms with van der Waals surface area (Å²) in [6.45, 7) is 10.6. The molecule has 2 aliphatic heterocycles. The van der Waals surface area contributed by atoms with E-state index in [-0.39, 0.29) is 22.0 Å². The monoisotopic (exact) mass is 1060 g/mol. The van der Waals surface area contributed by atoms with Gasteiger partial charge in [-0.25, -0.2) is 23.0 Å². The number of benzene rings is 3. The third kappa shape index (κ3) is 13.5. The molecule has 0 amide bonds. The molecule has 5 heterocycles. The molecule has 3 aromatic heterocycles. The van der Waals surface area contributed by atoms with Crippen LogP contribution >= 0.6 is 0 Å². The van der Waals surface area contributed by atoms with Crippen molar-refractivity contribution >= 4 is 55.7 Å². The van der Waals surface area contributed by atoms with Gasteiger partial charge in [-0.15, -0.1) is 0 Å². The highest BCUT2D eigenvalue weighted by atomic mass is 32.2. The van der Waals surface area contributed by atoms with Crippen molar-refractivity contribution in [3.63, 3.8) is 0 Å². The highest BCUT2D eigenvalue weighted by molar-refractivity contribution is 7.89. The van der Waals surface area contributed by atoms with Gasteiger partial charge in [0.15, 0.2) is 11.1 Å². The smallest absolute Gasteiger partial charge is 0.416 e. The van der Waals surface area contributed by atoms with E-state index in [9.17, 15) is 45.6 Å². The lowest BCUT2D eigenvalue weighted by Crippen LogP contribution is -2.47. The molecule has 6 N–H and O–H groups in total. The van der Waals surface area contributed by atoms with Crippen LogP contribution in [0.2, 0.25) is 0 Å². The fourth-order valence-electron chi connectivity index (χ4n) is 8.49. The number of hydrogen-bond donors (Lipinski definition) is 6. The number of nitrogens with zero attached hydrogens (tertiary/aromatic N) is 8. The van der Waals surface area contributed by atoms with Gasteiger partial charge >= 0.3 is 29.8 Å². The molecule has 6 aromatic rings. The van der Waals surface area contributed by atoms with Crippen molar-refractivity contribution in [3.8, 4) is 17.1 Å². The Morgan fingerprint density at radius 1 is 0.811 bits per heavy atom. The number of rotatable bonds is 16. The Kier molecular flexibility index (Phi) is 18.1. The van der Waals surface area contributed by atoms with Gasteiger partial charge in [0, 0.05) is 78.2 Å². The van der Waals surface area contributed by atoms with E-state index in [0.717, 1.165) is 48.8 Å². The van der Waals surface area contributed by atoms with Gasteiger partial charge in [-0.05, 0) is 68.9 Å². The predicted octanol–water partition coefficient (Wildman–Crippen LogP) is 3.53. The number of alkyl halides is 3. The first-order valence-electron chi connectivity index (χ1n) is 23.6. The van der Waals surface area contributed by atoms with Gasteiger partial charge in [-0.1, -0.05) is 31.5 Å². The van der Waals surface area contributed by atoms with E-state index in [1.807, 2.05) is 50.1 Å². The molecule has 0 radical (unpaired) electrons. The molecule has 0 aliphatic carbocycles. The number of aliphatic hydroxyl groups is 1. The summed E-state index contributed by atoms with van der Waals surface area (Å²) in [4.78, 5) is 72.4. The minimum Gasteiger partial charge on any atom is -0.493 e. The number of hydrogen-bond acceptors (Lipinski definition) is 14. The maximum absolute atomic E-state index is 13.3. The number of aliphatic carboxylic acids is 3. The lowest BCUT2D eigenvalue weighted by molar-refractivity contribution is -0.170. The second kappa shape index (κ2) is 23.8. The summed E-state index contributed by atoms with van der Waals surface area (Å²) in [5.74, 6) is -4.30. The van der Waals surface area contributed by atoms with Crippen LogP contribution in [-0.4, -0.2) is 168 Å². The largest absolute Gasteiger partial charge is 0.493 e. The fraction of sp³-hybridized carbons (Fsp3) is 0.438. The van der Waals surface area contributed by atoms with Crippen molar-refractivity contribution in [2.75, 3.05) is 77.5 Å². The first-order chi connectivity index (χ1) is 34.9. The normalized spacial score (nSPS) is 15.1. The van der Waals surface area contributed by atoms with Gasteiger partial charge in [-0.3, -0.25) is 28.5 Å². The zero-order valence-electron chi connectivity index (χ0n) is 41.1. The number of nitrogens with one attached hydrogen (secondary N) is 2. The fourth-order valence-corrected chi connectivity index (χ4v) is 9.93. The first-order valence-corrected chi connectivity index (χ1v) is 25.0. The van der Waals surface area contributed by atoms with Crippen molar-refractivity contribution in [1.82, 2.24) is 43.4 Å². The van der Waals surface area contributed by atoms with E-state index < -0.39 is 58.1 Å². The number of carboxylic acid groups (broad SMARTS) is 3. The number of carbonyl (C=O) groups is 3. The van der Waals surface area contributed by atoms with Crippen LogP contribution in [0.5, 0.6) is 5.75 Å². The molecule has 2 saturated heterocycles. The van der Waals surface area contributed by atoms with Crippen LogP contribution in [0.4, 0.5) is 18.9 Å². The summed E-state index contributed by atoms with van der Waals surface area (Å²) >= 11 is 0. The summed E-state index contributed by atoms with van der Waals surface area (Å²) < 4.78 is 75.9. The number of para-hydroxylation sites is 2. The molecule has 3 aromatic carbocycles. The molecule has 0 spiro atoms. The quantitative estimate of drug-likeness (QED) is 0.0808. The number of fused-ring (bicyclic) bond motifs is 2. The van der Waals surface area contributed by atoms with Crippen LogP contribution in [0.1, 0.15) is 44.4 Å². The molecule has 0 saturated carbocycles. The minimum atomic E-state index is -4.33. The minimum absolute atomic E-state index is 0.121. The molecule has 0 atom stereocenters. The van der Waals surface area contributed by atoms with E-state index in [0.29, 0.717) is 86.9 Å². The molecule has 2 aliphatic rings. The number of aromatic nitrogens is 6. The van der Waals surface area contributed by atoms with E-state index >= 15 is 0 Å². The first kappa shape index (κ1) is 56.2. The number of sulfonamides is 1. The lowest BCUT2D eigenvalue weighted by atomic mass is 9.96. The Morgan fingerprint density at radius 2 is 1.47 bits per heavy atom. The number of H-pyrrole nitrogens is 2. The molecule has 400 valence electrons. The van der Waals surface area contributed by atoms with E-state index in [1.165, 1.54) is 21.1 Å². The summed E-state index contributed by atoms with van der Waals surface area (Å²) in [5.41, 5.74) is 0.571. The number of carboxylic acids is 3. The molecular formula is C48H59F3N10O12S. The Balaban J connectivity index is 0.000000197. The number of ether oxygens (including phenoxy) is 1. The molecule has 0 bridgehead atoms.